The summed E-state index contributed by atoms with van der Waals surface area (Å²) >= 11 is 0. The number of hydrogen-bond acceptors (Lipinski definition) is 3. The Morgan fingerprint density at radius 1 is 1.14 bits per heavy atom. The van der Waals surface area contributed by atoms with Crippen LogP contribution in [0, 0.1) is 0 Å². The van der Waals surface area contributed by atoms with E-state index in [1.54, 1.807) is 0 Å². The highest BCUT2D eigenvalue weighted by Gasteiger charge is 2.09. The van der Waals surface area contributed by atoms with Gasteiger partial charge >= 0.3 is 0 Å². The second-order valence-corrected chi connectivity index (χ2v) is 3.61. The van der Waals surface area contributed by atoms with Gasteiger partial charge in [0.25, 0.3) is 0 Å². The molecule has 0 spiro atoms. The summed E-state index contributed by atoms with van der Waals surface area (Å²) in [6, 6.07) is 0. The van der Waals surface area contributed by atoms with Gasteiger partial charge in [-0.2, -0.15) is 0 Å². The van der Waals surface area contributed by atoms with Crippen molar-refractivity contribution < 1.29 is 9.84 Å². The molecule has 0 heterocycles. The molecule has 0 aliphatic rings. The van der Waals surface area contributed by atoms with Gasteiger partial charge in [0.1, 0.15) is 0 Å². The summed E-state index contributed by atoms with van der Waals surface area (Å²) in [6.07, 6.45) is 1.94. The molecule has 1 unspecified atom stereocenters. The Bertz CT molecular complexity index is 114. The maximum Gasteiger partial charge on any atom is 0.0900 e. The number of rotatable bonds is 9. The Morgan fingerprint density at radius 3 is 2.14 bits per heavy atom. The highest BCUT2D eigenvalue weighted by atomic mass is 16.5. The number of aliphatic hydroxyl groups is 1. The molecule has 0 aliphatic heterocycles. The van der Waals surface area contributed by atoms with Gasteiger partial charge in [0.15, 0.2) is 0 Å². The summed E-state index contributed by atoms with van der Waals surface area (Å²) < 4.78 is 5.18. The number of nitrogens with zero attached hydrogens (tertiary/aromatic N) is 1. The number of ether oxygens (including phenoxy) is 1. The number of aliphatic hydroxyl groups excluding tert-OH is 1. The first-order valence-corrected chi connectivity index (χ1v) is 5.72. The zero-order chi connectivity index (χ0) is 10.8. The molecule has 0 fully saturated rings. The van der Waals surface area contributed by atoms with Gasteiger partial charge in [-0.15, -0.1) is 0 Å². The first-order valence-electron chi connectivity index (χ1n) is 5.72. The lowest BCUT2D eigenvalue weighted by molar-refractivity contribution is 0.0211. The summed E-state index contributed by atoms with van der Waals surface area (Å²) in [5, 5.41) is 9.64. The van der Waals surface area contributed by atoms with E-state index in [0.717, 1.165) is 32.5 Å². The van der Waals surface area contributed by atoms with Crippen LogP contribution >= 0.6 is 0 Å². The van der Waals surface area contributed by atoms with Crippen LogP contribution < -0.4 is 0 Å². The van der Waals surface area contributed by atoms with Crippen molar-refractivity contribution in [1.29, 1.82) is 0 Å². The van der Waals surface area contributed by atoms with Crippen molar-refractivity contribution >= 4 is 0 Å². The second kappa shape index (κ2) is 9.44. The maximum absolute atomic E-state index is 9.64. The molecule has 0 aromatic carbocycles. The average molecular weight is 203 g/mol. The summed E-state index contributed by atoms with van der Waals surface area (Å²) in [6.45, 7) is 10.3. The van der Waals surface area contributed by atoms with Gasteiger partial charge in [0.2, 0.25) is 0 Å². The zero-order valence-corrected chi connectivity index (χ0v) is 9.83. The van der Waals surface area contributed by atoms with Crippen LogP contribution in [0.4, 0.5) is 0 Å². The van der Waals surface area contributed by atoms with E-state index in [9.17, 15) is 5.11 Å². The van der Waals surface area contributed by atoms with Crippen LogP contribution in [0.3, 0.4) is 0 Å². The molecule has 0 rings (SSSR count). The molecule has 1 N–H and O–H groups in total. The molecule has 0 saturated heterocycles. The van der Waals surface area contributed by atoms with Gasteiger partial charge in [0.05, 0.1) is 12.7 Å². The Balaban J connectivity index is 3.64. The van der Waals surface area contributed by atoms with Crippen molar-refractivity contribution in [2.45, 2.75) is 39.7 Å². The predicted molar refractivity (Wildman–Crippen MR) is 59.5 cm³/mol. The van der Waals surface area contributed by atoms with Crippen LogP contribution in [0.1, 0.15) is 33.6 Å². The molecule has 0 saturated carbocycles. The Hall–Kier alpha value is -0.120. The van der Waals surface area contributed by atoms with Gasteiger partial charge in [-0.05, 0) is 32.9 Å². The van der Waals surface area contributed by atoms with Crippen molar-refractivity contribution in [3.8, 4) is 0 Å². The third-order valence-electron chi connectivity index (χ3n) is 2.06. The number of hydrogen-bond donors (Lipinski definition) is 1. The molecule has 0 amide bonds. The van der Waals surface area contributed by atoms with Crippen LogP contribution in [-0.2, 0) is 4.74 Å². The fourth-order valence-corrected chi connectivity index (χ4v) is 1.53. The van der Waals surface area contributed by atoms with Crippen molar-refractivity contribution in [1.82, 2.24) is 4.90 Å². The fraction of sp³-hybridized carbons (Fsp3) is 1.00. The summed E-state index contributed by atoms with van der Waals surface area (Å²) in [4.78, 5) is 2.30. The normalized spacial score (nSPS) is 13.5. The lowest BCUT2D eigenvalue weighted by Gasteiger charge is -2.23. The topological polar surface area (TPSA) is 32.7 Å². The largest absolute Gasteiger partial charge is 0.389 e. The Labute approximate surface area is 88.1 Å². The molecule has 1 atom stereocenters. The van der Waals surface area contributed by atoms with E-state index in [1.807, 2.05) is 6.92 Å². The zero-order valence-electron chi connectivity index (χ0n) is 9.83. The van der Waals surface area contributed by atoms with Crippen LogP contribution in [0.5, 0.6) is 0 Å². The minimum Gasteiger partial charge on any atom is -0.389 e. The van der Waals surface area contributed by atoms with Crippen LogP contribution in [-0.4, -0.2) is 49.0 Å². The van der Waals surface area contributed by atoms with Crippen molar-refractivity contribution in [3.05, 3.63) is 0 Å². The first-order chi connectivity index (χ1) is 6.74. The van der Waals surface area contributed by atoms with Gasteiger partial charge < -0.3 is 14.7 Å². The van der Waals surface area contributed by atoms with Crippen molar-refractivity contribution in [3.63, 3.8) is 0 Å². The molecule has 0 radical (unpaired) electrons. The standard InChI is InChI=1S/C11H25NO2/c1-4-7-12(8-5-2)9-11(13)10-14-6-3/h11,13H,4-10H2,1-3H3. The lowest BCUT2D eigenvalue weighted by Crippen LogP contribution is -2.36. The van der Waals surface area contributed by atoms with Crippen LogP contribution in [0.2, 0.25) is 0 Å². The Kier molecular flexibility index (Phi) is 9.35. The highest BCUT2D eigenvalue weighted by molar-refractivity contribution is 4.63. The van der Waals surface area contributed by atoms with E-state index in [-0.39, 0.29) is 6.10 Å². The smallest absolute Gasteiger partial charge is 0.0900 e. The van der Waals surface area contributed by atoms with Crippen LogP contribution in [0.15, 0.2) is 0 Å². The molecule has 3 heteroatoms. The average Bonchev–Trinajstić information content (AvgIpc) is 2.15. The van der Waals surface area contributed by atoms with E-state index in [2.05, 4.69) is 18.7 Å². The van der Waals surface area contributed by atoms with Crippen LogP contribution in [0.25, 0.3) is 0 Å². The van der Waals surface area contributed by atoms with Crippen molar-refractivity contribution in [2.75, 3.05) is 32.8 Å². The van der Waals surface area contributed by atoms with Gasteiger partial charge in [-0.25, -0.2) is 0 Å². The minimum atomic E-state index is -0.340. The molecule has 14 heavy (non-hydrogen) atoms. The van der Waals surface area contributed by atoms with Gasteiger partial charge in [-0.1, -0.05) is 13.8 Å². The third kappa shape index (κ3) is 7.30. The fourth-order valence-electron chi connectivity index (χ4n) is 1.53. The lowest BCUT2D eigenvalue weighted by atomic mass is 10.3. The molecule has 0 aromatic rings. The SMILES string of the molecule is CCCN(CCC)CC(O)COCC. The monoisotopic (exact) mass is 203 g/mol. The maximum atomic E-state index is 9.64. The van der Waals surface area contributed by atoms with Gasteiger partial charge in [-0.3, -0.25) is 0 Å². The van der Waals surface area contributed by atoms with E-state index in [4.69, 9.17) is 4.74 Å². The predicted octanol–water partition coefficient (Wildman–Crippen LogP) is 1.51. The molecule has 86 valence electrons. The third-order valence-corrected chi connectivity index (χ3v) is 2.06. The minimum absolute atomic E-state index is 0.340. The van der Waals surface area contributed by atoms with E-state index in [1.165, 1.54) is 0 Å². The molecular formula is C11H25NO2. The Morgan fingerprint density at radius 2 is 1.71 bits per heavy atom. The molecule has 0 aromatic heterocycles. The molecular weight excluding hydrogens is 178 g/mol. The molecule has 0 aliphatic carbocycles. The summed E-state index contributed by atoms with van der Waals surface area (Å²) in [5.41, 5.74) is 0. The van der Waals surface area contributed by atoms with E-state index < -0.39 is 0 Å². The molecule has 0 bridgehead atoms. The van der Waals surface area contributed by atoms with E-state index >= 15 is 0 Å². The first kappa shape index (κ1) is 13.9. The quantitative estimate of drug-likeness (QED) is 0.616. The van der Waals surface area contributed by atoms with Crippen molar-refractivity contribution in [2.24, 2.45) is 0 Å². The molecule has 3 nitrogen and oxygen atoms in total. The second-order valence-electron chi connectivity index (χ2n) is 3.61. The van der Waals surface area contributed by atoms with Gasteiger partial charge in [0, 0.05) is 13.2 Å². The summed E-state index contributed by atoms with van der Waals surface area (Å²) in [5.74, 6) is 0. The summed E-state index contributed by atoms with van der Waals surface area (Å²) in [7, 11) is 0. The highest BCUT2D eigenvalue weighted by Crippen LogP contribution is 1.97. The van der Waals surface area contributed by atoms with E-state index in [0.29, 0.717) is 13.2 Å².